The van der Waals surface area contributed by atoms with Crippen LogP contribution in [0.3, 0.4) is 0 Å². The molecule has 0 unspecified atom stereocenters. The fraction of sp³-hybridized carbons (Fsp3) is 0.211. The number of esters is 1. The molecule has 0 amide bonds. The van der Waals surface area contributed by atoms with E-state index < -0.39 is 5.97 Å². The van der Waals surface area contributed by atoms with Gasteiger partial charge in [0.15, 0.2) is 5.69 Å². The SMILES string of the molecule is CCOC(=O)c1n[nH]nc1-c1ccc(C)cc1OCc1ccccc1. The summed E-state index contributed by atoms with van der Waals surface area (Å²) in [6.07, 6.45) is 0. The van der Waals surface area contributed by atoms with Crippen molar-refractivity contribution < 1.29 is 14.3 Å². The number of nitrogens with zero attached hydrogens (tertiary/aromatic N) is 2. The van der Waals surface area contributed by atoms with Gasteiger partial charge in [-0.15, -0.1) is 5.10 Å². The van der Waals surface area contributed by atoms with Crippen LogP contribution in [0.4, 0.5) is 0 Å². The van der Waals surface area contributed by atoms with Crippen LogP contribution in [0.5, 0.6) is 5.75 Å². The maximum absolute atomic E-state index is 12.1. The van der Waals surface area contributed by atoms with E-state index in [9.17, 15) is 4.79 Å². The molecule has 6 heteroatoms. The van der Waals surface area contributed by atoms with E-state index in [1.165, 1.54) is 0 Å². The number of aromatic amines is 1. The number of rotatable bonds is 6. The molecule has 0 bridgehead atoms. The zero-order chi connectivity index (χ0) is 17.6. The lowest BCUT2D eigenvalue weighted by Crippen LogP contribution is -2.07. The third-order valence-electron chi connectivity index (χ3n) is 3.65. The standard InChI is InChI=1S/C19H19N3O3/c1-3-24-19(23)18-17(20-22-21-18)15-10-9-13(2)11-16(15)25-12-14-7-5-4-6-8-14/h4-11H,3,12H2,1-2H3,(H,20,21,22). The van der Waals surface area contributed by atoms with Crippen molar-refractivity contribution in [2.75, 3.05) is 6.61 Å². The highest BCUT2D eigenvalue weighted by Crippen LogP contribution is 2.32. The van der Waals surface area contributed by atoms with Crippen LogP contribution in [0.25, 0.3) is 11.3 Å². The van der Waals surface area contributed by atoms with Crippen LogP contribution in [-0.4, -0.2) is 28.0 Å². The minimum atomic E-state index is -0.513. The summed E-state index contributed by atoms with van der Waals surface area (Å²) in [7, 11) is 0. The van der Waals surface area contributed by atoms with E-state index in [0.717, 1.165) is 11.1 Å². The highest BCUT2D eigenvalue weighted by atomic mass is 16.5. The first kappa shape index (κ1) is 16.7. The largest absolute Gasteiger partial charge is 0.488 e. The van der Waals surface area contributed by atoms with Crippen molar-refractivity contribution >= 4 is 5.97 Å². The number of carbonyl (C=O) groups is 1. The predicted molar refractivity (Wildman–Crippen MR) is 93.3 cm³/mol. The first-order valence-electron chi connectivity index (χ1n) is 8.04. The first-order valence-corrected chi connectivity index (χ1v) is 8.04. The third kappa shape index (κ3) is 3.85. The van der Waals surface area contributed by atoms with E-state index in [-0.39, 0.29) is 12.3 Å². The Labute approximate surface area is 145 Å². The van der Waals surface area contributed by atoms with Crippen molar-refractivity contribution in [2.45, 2.75) is 20.5 Å². The first-order chi connectivity index (χ1) is 12.2. The molecule has 1 aromatic heterocycles. The smallest absolute Gasteiger partial charge is 0.361 e. The van der Waals surface area contributed by atoms with Gasteiger partial charge in [0.1, 0.15) is 18.1 Å². The number of ether oxygens (including phenoxy) is 2. The molecule has 0 radical (unpaired) electrons. The summed E-state index contributed by atoms with van der Waals surface area (Å²) in [4.78, 5) is 12.1. The molecule has 2 aromatic carbocycles. The molecule has 3 rings (SSSR count). The number of hydrogen-bond donors (Lipinski definition) is 1. The average Bonchev–Trinajstić information content (AvgIpc) is 3.11. The number of benzene rings is 2. The van der Waals surface area contributed by atoms with Crippen LogP contribution < -0.4 is 4.74 Å². The number of H-pyrrole nitrogens is 1. The summed E-state index contributed by atoms with van der Waals surface area (Å²) in [5.74, 6) is 0.129. The Balaban J connectivity index is 1.92. The molecule has 0 aliphatic heterocycles. The molecule has 0 spiro atoms. The number of hydrogen-bond acceptors (Lipinski definition) is 5. The van der Waals surface area contributed by atoms with Gasteiger partial charge in [-0.25, -0.2) is 4.79 Å². The second kappa shape index (κ2) is 7.61. The number of aromatic nitrogens is 3. The Morgan fingerprint density at radius 1 is 1.12 bits per heavy atom. The van der Waals surface area contributed by atoms with E-state index in [4.69, 9.17) is 9.47 Å². The molecule has 6 nitrogen and oxygen atoms in total. The summed E-state index contributed by atoms with van der Waals surface area (Å²) < 4.78 is 11.0. The fourth-order valence-electron chi connectivity index (χ4n) is 2.44. The van der Waals surface area contributed by atoms with Gasteiger partial charge in [-0.2, -0.15) is 10.3 Å². The lowest BCUT2D eigenvalue weighted by atomic mass is 10.1. The van der Waals surface area contributed by atoms with Gasteiger partial charge in [-0.1, -0.05) is 36.4 Å². The van der Waals surface area contributed by atoms with E-state index in [2.05, 4.69) is 15.4 Å². The monoisotopic (exact) mass is 337 g/mol. The summed E-state index contributed by atoms with van der Waals surface area (Å²) in [5, 5.41) is 10.5. The Kier molecular flexibility index (Phi) is 5.09. The number of nitrogens with one attached hydrogen (secondary N) is 1. The van der Waals surface area contributed by atoms with Crippen molar-refractivity contribution in [3.05, 3.63) is 65.4 Å². The maximum atomic E-state index is 12.1. The fourth-order valence-corrected chi connectivity index (χ4v) is 2.44. The van der Waals surface area contributed by atoms with Crippen LogP contribution in [0.1, 0.15) is 28.5 Å². The minimum absolute atomic E-state index is 0.148. The van der Waals surface area contributed by atoms with Crippen molar-refractivity contribution in [2.24, 2.45) is 0 Å². The minimum Gasteiger partial charge on any atom is -0.488 e. The van der Waals surface area contributed by atoms with Crippen LogP contribution in [0.2, 0.25) is 0 Å². The summed E-state index contributed by atoms with van der Waals surface area (Å²) >= 11 is 0. The Morgan fingerprint density at radius 2 is 1.92 bits per heavy atom. The van der Waals surface area contributed by atoms with Gasteiger partial charge < -0.3 is 9.47 Å². The molecule has 0 fully saturated rings. The third-order valence-corrected chi connectivity index (χ3v) is 3.65. The van der Waals surface area contributed by atoms with Crippen LogP contribution in [-0.2, 0) is 11.3 Å². The lowest BCUT2D eigenvalue weighted by Gasteiger charge is -2.12. The van der Waals surface area contributed by atoms with Gasteiger partial charge in [0.05, 0.1) is 6.61 Å². The van der Waals surface area contributed by atoms with Crippen LogP contribution >= 0.6 is 0 Å². The van der Waals surface area contributed by atoms with Crippen molar-refractivity contribution in [3.8, 4) is 17.0 Å². The molecule has 0 saturated heterocycles. The molecule has 0 aliphatic carbocycles. The number of carbonyl (C=O) groups excluding carboxylic acids is 1. The van der Waals surface area contributed by atoms with Crippen molar-refractivity contribution in [1.82, 2.24) is 15.4 Å². The van der Waals surface area contributed by atoms with E-state index in [1.54, 1.807) is 6.92 Å². The quantitative estimate of drug-likeness (QED) is 0.696. The molecule has 0 aliphatic rings. The summed E-state index contributed by atoms with van der Waals surface area (Å²) in [6.45, 7) is 4.42. The molecule has 3 aromatic rings. The summed E-state index contributed by atoms with van der Waals surface area (Å²) in [6, 6.07) is 15.6. The second-order valence-electron chi connectivity index (χ2n) is 5.52. The Morgan fingerprint density at radius 3 is 2.68 bits per heavy atom. The lowest BCUT2D eigenvalue weighted by molar-refractivity contribution is 0.0520. The van der Waals surface area contributed by atoms with Crippen LogP contribution in [0, 0.1) is 6.92 Å². The highest BCUT2D eigenvalue weighted by molar-refractivity contribution is 5.94. The molecule has 0 saturated carbocycles. The van der Waals surface area contributed by atoms with Gasteiger partial charge in [-0.3, -0.25) is 0 Å². The van der Waals surface area contributed by atoms with E-state index >= 15 is 0 Å². The maximum Gasteiger partial charge on any atom is 0.361 e. The zero-order valence-corrected chi connectivity index (χ0v) is 14.2. The molecule has 0 atom stereocenters. The van der Waals surface area contributed by atoms with Gasteiger partial charge in [0, 0.05) is 5.56 Å². The molecule has 25 heavy (non-hydrogen) atoms. The molecule has 128 valence electrons. The molecular formula is C19H19N3O3. The van der Waals surface area contributed by atoms with Gasteiger partial charge in [0.25, 0.3) is 0 Å². The van der Waals surface area contributed by atoms with Gasteiger partial charge in [0.2, 0.25) is 0 Å². The van der Waals surface area contributed by atoms with Gasteiger partial charge in [-0.05, 0) is 37.1 Å². The van der Waals surface area contributed by atoms with E-state index in [1.807, 2.05) is 55.5 Å². The highest BCUT2D eigenvalue weighted by Gasteiger charge is 2.21. The zero-order valence-electron chi connectivity index (χ0n) is 14.2. The second-order valence-corrected chi connectivity index (χ2v) is 5.52. The van der Waals surface area contributed by atoms with Gasteiger partial charge >= 0.3 is 5.97 Å². The predicted octanol–water partition coefficient (Wildman–Crippen LogP) is 3.54. The van der Waals surface area contributed by atoms with E-state index in [0.29, 0.717) is 23.6 Å². The Hall–Kier alpha value is -3.15. The molecule has 1 N–H and O–H groups in total. The van der Waals surface area contributed by atoms with Crippen molar-refractivity contribution in [3.63, 3.8) is 0 Å². The van der Waals surface area contributed by atoms with Crippen molar-refractivity contribution in [1.29, 1.82) is 0 Å². The Bertz CT molecular complexity index is 859. The average molecular weight is 337 g/mol. The normalized spacial score (nSPS) is 10.5. The number of aryl methyl sites for hydroxylation is 1. The molecular weight excluding hydrogens is 318 g/mol. The topological polar surface area (TPSA) is 77.1 Å². The summed E-state index contributed by atoms with van der Waals surface area (Å²) in [5.41, 5.74) is 3.36. The van der Waals surface area contributed by atoms with Crippen LogP contribution in [0.15, 0.2) is 48.5 Å². The molecule has 1 heterocycles.